The minimum absolute atomic E-state index is 0.558. The van der Waals surface area contributed by atoms with Crippen molar-refractivity contribution in [2.75, 3.05) is 59.7 Å². The fraction of sp³-hybridized carbons (Fsp3) is 0.435. The highest BCUT2D eigenvalue weighted by atomic mass is 32.2. The maximum Gasteiger partial charge on any atom is 0.193 e. The standard InChI is InChI=1S/C23H32N4O3S/c1-24-23(25-11-16-31(28)20-7-5-4-6-8-20)27-14-12-26(13-15-27)18-19-9-10-21(29-2)22(17-19)30-3/h4-10,17H,11-16,18H2,1-3H3,(H,24,25). The zero-order valence-corrected chi connectivity index (χ0v) is 19.4. The second-order valence-corrected chi connectivity index (χ2v) is 8.86. The van der Waals surface area contributed by atoms with Crippen molar-refractivity contribution in [3.8, 4) is 11.5 Å². The zero-order chi connectivity index (χ0) is 22.1. The van der Waals surface area contributed by atoms with Crippen LogP contribution in [0, 0.1) is 0 Å². The molecule has 0 amide bonds. The minimum atomic E-state index is -1.00. The van der Waals surface area contributed by atoms with E-state index >= 15 is 0 Å². The number of guanidine groups is 1. The van der Waals surface area contributed by atoms with Gasteiger partial charge in [0.05, 0.1) is 25.0 Å². The minimum Gasteiger partial charge on any atom is -0.493 e. The largest absolute Gasteiger partial charge is 0.493 e. The molecular weight excluding hydrogens is 412 g/mol. The number of rotatable bonds is 8. The summed E-state index contributed by atoms with van der Waals surface area (Å²) in [6.45, 7) is 5.19. The van der Waals surface area contributed by atoms with Gasteiger partial charge in [-0.2, -0.15) is 0 Å². The Morgan fingerprint density at radius 1 is 1.03 bits per heavy atom. The fourth-order valence-electron chi connectivity index (χ4n) is 3.63. The summed E-state index contributed by atoms with van der Waals surface area (Å²) in [5.74, 6) is 2.94. The molecule has 7 nitrogen and oxygen atoms in total. The highest BCUT2D eigenvalue weighted by Gasteiger charge is 2.20. The van der Waals surface area contributed by atoms with Crippen molar-refractivity contribution in [1.82, 2.24) is 15.1 Å². The summed E-state index contributed by atoms with van der Waals surface area (Å²) >= 11 is 0. The first-order valence-corrected chi connectivity index (χ1v) is 11.8. The van der Waals surface area contributed by atoms with Crippen LogP contribution in [0.5, 0.6) is 11.5 Å². The molecule has 1 fully saturated rings. The smallest absolute Gasteiger partial charge is 0.193 e. The summed E-state index contributed by atoms with van der Waals surface area (Å²) in [5, 5.41) is 3.37. The van der Waals surface area contributed by atoms with Crippen LogP contribution in [0.25, 0.3) is 0 Å². The predicted octanol–water partition coefficient (Wildman–Crippen LogP) is 2.20. The maximum absolute atomic E-state index is 12.4. The van der Waals surface area contributed by atoms with Crippen molar-refractivity contribution < 1.29 is 13.7 Å². The maximum atomic E-state index is 12.4. The lowest BCUT2D eigenvalue weighted by atomic mass is 10.1. The zero-order valence-electron chi connectivity index (χ0n) is 18.5. The normalized spacial score (nSPS) is 16.1. The first-order valence-electron chi connectivity index (χ1n) is 10.5. The van der Waals surface area contributed by atoms with E-state index in [1.54, 1.807) is 21.3 Å². The number of aliphatic imine (C=N–C) groups is 1. The van der Waals surface area contributed by atoms with Crippen LogP contribution in [0.4, 0.5) is 0 Å². The Bertz CT molecular complexity index is 884. The van der Waals surface area contributed by atoms with Crippen LogP contribution in [0.1, 0.15) is 5.56 Å². The molecule has 0 spiro atoms. The van der Waals surface area contributed by atoms with Gasteiger partial charge >= 0.3 is 0 Å². The van der Waals surface area contributed by atoms with Gasteiger partial charge in [-0.3, -0.25) is 14.1 Å². The van der Waals surface area contributed by atoms with E-state index in [0.717, 1.165) is 55.1 Å². The quantitative estimate of drug-likeness (QED) is 0.497. The van der Waals surface area contributed by atoms with Crippen molar-refractivity contribution in [1.29, 1.82) is 0 Å². The lowest BCUT2D eigenvalue weighted by Crippen LogP contribution is -2.52. The lowest BCUT2D eigenvalue weighted by molar-refractivity contribution is 0.172. The molecule has 1 saturated heterocycles. The first kappa shape index (κ1) is 23.1. The number of piperazine rings is 1. The molecule has 8 heteroatoms. The summed E-state index contributed by atoms with van der Waals surface area (Å²) in [6, 6.07) is 15.7. The third-order valence-corrected chi connectivity index (χ3v) is 6.69. The molecule has 1 N–H and O–H groups in total. The summed E-state index contributed by atoms with van der Waals surface area (Å²) in [7, 11) is 4.11. The molecule has 0 bridgehead atoms. The molecule has 3 rings (SSSR count). The van der Waals surface area contributed by atoms with Gasteiger partial charge < -0.3 is 19.7 Å². The molecule has 1 heterocycles. The number of methoxy groups -OCH3 is 2. The Morgan fingerprint density at radius 2 is 1.74 bits per heavy atom. The molecule has 1 unspecified atom stereocenters. The van der Waals surface area contributed by atoms with Crippen molar-refractivity contribution in [2.24, 2.45) is 4.99 Å². The second kappa shape index (κ2) is 11.7. The molecule has 1 atom stereocenters. The fourth-order valence-corrected chi connectivity index (χ4v) is 4.62. The molecule has 1 aliphatic rings. The molecular formula is C23H32N4O3S. The van der Waals surface area contributed by atoms with Gasteiger partial charge in [-0.25, -0.2) is 0 Å². The molecule has 31 heavy (non-hydrogen) atoms. The Labute approximate surface area is 187 Å². The number of hydrogen-bond donors (Lipinski definition) is 1. The van der Waals surface area contributed by atoms with E-state index in [2.05, 4.69) is 26.2 Å². The molecule has 2 aromatic rings. The Balaban J connectivity index is 1.45. The van der Waals surface area contributed by atoms with Crippen LogP contribution in [-0.2, 0) is 17.3 Å². The number of nitrogens with one attached hydrogen (secondary N) is 1. The topological polar surface area (TPSA) is 66.4 Å². The van der Waals surface area contributed by atoms with E-state index < -0.39 is 10.8 Å². The summed E-state index contributed by atoms with van der Waals surface area (Å²) in [5.41, 5.74) is 1.21. The van der Waals surface area contributed by atoms with Gasteiger partial charge in [0.2, 0.25) is 0 Å². The van der Waals surface area contributed by atoms with Crippen molar-refractivity contribution in [2.45, 2.75) is 11.4 Å². The van der Waals surface area contributed by atoms with E-state index in [9.17, 15) is 4.21 Å². The summed E-state index contributed by atoms with van der Waals surface area (Å²) in [4.78, 5) is 9.97. The van der Waals surface area contributed by atoms with Gasteiger partial charge in [0.25, 0.3) is 0 Å². The van der Waals surface area contributed by atoms with Crippen molar-refractivity contribution in [3.63, 3.8) is 0 Å². The van der Waals surface area contributed by atoms with Gasteiger partial charge in [0.15, 0.2) is 17.5 Å². The van der Waals surface area contributed by atoms with E-state index in [1.165, 1.54) is 5.56 Å². The van der Waals surface area contributed by atoms with Crippen LogP contribution in [-0.4, -0.2) is 79.7 Å². The average Bonchev–Trinajstić information content (AvgIpc) is 2.83. The van der Waals surface area contributed by atoms with Crippen molar-refractivity contribution >= 4 is 16.8 Å². The number of benzene rings is 2. The number of nitrogens with zero attached hydrogens (tertiary/aromatic N) is 3. The van der Waals surface area contributed by atoms with Gasteiger partial charge in [-0.15, -0.1) is 0 Å². The van der Waals surface area contributed by atoms with Gasteiger partial charge in [-0.05, 0) is 29.8 Å². The Kier molecular flexibility index (Phi) is 8.73. The van der Waals surface area contributed by atoms with Gasteiger partial charge in [0.1, 0.15) is 0 Å². The summed E-state index contributed by atoms with van der Waals surface area (Å²) < 4.78 is 23.1. The van der Waals surface area contributed by atoms with Crippen molar-refractivity contribution in [3.05, 3.63) is 54.1 Å². The van der Waals surface area contributed by atoms with E-state index in [-0.39, 0.29) is 0 Å². The number of ether oxygens (including phenoxy) is 2. The molecule has 0 aromatic heterocycles. The van der Waals surface area contributed by atoms with E-state index in [1.807, 2.05) is 42.5 Å². The van der Waals surface area contributed by atoms with Gasteiger partial charge in [0, 0.05) is 57.0 Å². The first-order chi connectivity index (χ1) is 15.1. The monoisotopic (exact) mass is 444 g/mol. The predicted molar refractivity (Wildman–Crippen MR) is 125 cm³/mol. The molecule has 168 valence electrons. The summed E-state index contributed by atoms with van der Waals surface area (Å²) in [6.07, 6.45) is 0. The Hall–Kier alpha value is -2.58. The Morgan fingerprint density at radius 3 is 2.39 bits per heavy atom. The average molecular weight is 445 g/mol. The van der Waals surface area contributed by atoms with Crippen LogP contribution >= 0.6 is 0 Å². The third-order valence-electron chi connectivity index (χ3n) is 5.31. The molecule has 1 aliphatic heterocycles. The van der Waals surface area contributed by atoms with Gasteiger partial charge in [-0.1, -0.05) is 24.3 Å². The van der Waals surface area contributed by atoms with E-state index in [4.69, 9.17) is 9.47 Å². The van der Waals surface area contributed by atoms with Crippen LogP contribution in [0.3, 0.4) is 0 Å². The molecule has 0 radical (unpaired) electrons. The number of hydrogen-bond acceptors (Lipinski definition) is 5. The lowest BCUT2D eigenvalue weighted by Gasteiger charge is -2.36. The SMILES string of the molecule is CN=C(NCCS(=O)c1ccccc1)N1CCN(Cc2ccc(OC)c(OC)c2)CC1. The second-order valence-electron chi connectivity index (χ2n) is 7.29. The molecule has 0 saturated carbocycles. The van der Waals surface area contributed by atoms with E-state index in [0.29, 0.717) is 12.3 Å². The van der Waals surface area contributed by atoms with Crippen LogP contribution < -0.4 is 14.8 Å². The van der Waals surface area contributed by atoms with Crippen LogP contribution in [0.15, 0.2) is 58.4 Å². The highest BCUT2D eigenvalue weighted by Crippen LogP contribution is 2.28. The van der Waals surface area contributed by atoms with Crippen LogP contribution in [0.2, 0.25) is 0 Å². The highest BCUT2D eigenvalue weighted by molar-refractivity contribution is 7.85. The third kappa shape index (κ3) is 6.45. The molecule has 2 aromatic carbocycles. The molecule has 0 aliphatic carbocycles.